The Kier molecular flexibility index (Phi) is 9.90. The van der Waals surface area contributed by atoms with Crippen molar-refractivity contribution in [1.82, 2.24) is 0 Å². The van der Waals surface area contributed by atoms with Crippen LogP contribution in [0.3, 0.4) is 0 Å². The molecule has 0 radical (unpaired) electrons. The first-order valence-electron chi connectivity index (χ1n) is 7.30. The zero-order chi connectivity index (χ0) is 15.7. The van der Waals surface area contributed by atoms with E-state index in [1.165, 1.54) is 0 Å². The predicted molar refractivity (Wildman–Crippen MR) is 88.5 cm³/mol. The van der Waals surface area contributed by atoms with Crippen LogP contribution in [-0.4, -0.2) is 34.8 Å². The van der Waals surface area contributed by atoms with Crippen LogP contribution in [0.4, 0.5) is 0 Å². The fourth-order valence-electron chi connectivity index (χ4n) is 2.29. The summed E-state index contributed by atoms with van der Waals surface area (Å²) in [6.07, 6.45) is 2.32. The Morgan fingerprint density at radius 3 is 2.27 bits per heavy atom. The molecule has 0 bridgehead atoms. The van der Waals surface area contributed by atoms with Crippen LogP contribution in [0, 0.1) is 0 Å². The van der Waals surface area contributed by atoms with Crippen molar-refractivity contribution in [1.29, 1.82) is 0 Å². The van der Waals surface area contributed by atoms with E-state index in [2.05, 4.69) is 0 Å². The Labute approximate surface area is 137 Å². The summed E-state index contributed by atoms with van der Waals surface area (Å²) in [4.78, 5) is 11.5. The summed E-state index contributed by atoms with van der Waals surface area (Å²) in [6.45, 7) is 2.28. The van der Waals surface area contributed by atoms with Gasteiger partial charge < -0.3 is 19.9 Å². The zero-order valence-corrected chi connectivity index (χ0v) is 13.6. The van der Waals surface area contributed by atoms with Crippen molar-refractivity contribution in [3.8, 4) is 5.75 Å². The van der Waals surface area contributed by atoms with E-state index in [1.54, 1.807) is 0 Å². The number of ether oxygens (including phenoxy) is 1. The van der Waals surface area contributed by atoms with Crippen LogP contribution < -0.4 is 4.74 Å². The van der Waals surface area contributed by atoms with Crippen LogP contribution >= 0.6 is 12.4 Å². The first-order chi connectivity index (χ1) is 10.0. The number of hydrogen-bond acceptors (Lipinski definition) is 4. The molecule has 3 N–H and O–H groups in total. The topological polar surface area (TPSA) is 87.0 Å². The third-order valence-electron chi connectivity index (χ3n) is 3.68. The van der Waals surface area contributed by atoms with Gasteiger partial charge in [-0.2, -0.15) is 0 Å². The second kappa shape index (κ2) is 10.5. The molecule has 0 aliphatic rings. The van der Waals surface area contributed by atoms with Crippen LogP contribution in [0.15, 0.2) is 30.3 Å². The summed E-state index contributed by atoms with van der Waals surface area (Å²) in [5.41, 5.74) is 0. The molecule has 0 aliphatic heterocycles. The number of carboxylic acids is 1. The summed E-state index contributed by atoms with van der Waals surface area (Å²) < 4.78 is 5.51. The lowest BCUT2D eigenvalue weighted by molar-refractivity contribution is -0.142. The number of carbonyl (C=O) groups is 1. The van der Waals surface area contributed by atoms with Crippen molar-refractivity contribution in [3.05, 3.63) is 30.3 Å². The Bertz CT molecular complexity index is 429. The molecule has 0 saturated heterocycles. The molecule has 0 aromatic heterocycles. The molecule has 1 rings (SSSR count). The maximum Gasteiger partial charge on any atom is 0.469 e. The van der Waals surface area contributed by atoms with E-state index in [0.717, 1.165) is 12.2 Å². The van der Waals surface area contributed by atoms with Gasteiger partial charge in [-0.15, -0.1) is 12.4 Å². The Morgan fingerprint density at radius 2 is 1.77 bits per heavy atom. The average Bonchev–Trinajstić information content (AvgIpc) is 2.47. The number of halogens is 1. The molecule has 1 aromatic carbocycles. The van der Waals surface area contributed by atoms with Crippen LogP contribution in [0.1, 0.15) is 39.0 Å². The lowest BCUT2D eigenvalue weighted by atomic mass is 9.53. The normalized spacial score (nSPS) is 12.9. The lowest BCUT2D eigenvalue weighted by Crippen LogP contribution is -2.40. The summed E-state index contributed by atoms with van der Waals surface area (Å²) in [5.74, 6) is -0.442. The van der Waals surface area contributed by atoms with E-state index in [9.17, 15) is 19.9 Å². The van der Waals surface area contributed by atoms with Gasteiger partial charge in [-0.1, -0.05) is 38.0 Å². The maximum atomic E-state index is 11.5. The predicted octanol–water partition coefficient (Wildman–Crippen LogP) is 2.76. The van der Waals surface area contributed by atoms with Crippen molar-refractivity contribution < 1.29 is 24.7 Å². The Balaban J connectivity index is 0.00000441. The van der Waals surface area contributed by atoms with E-state index < -0.39 is 18.4 Å². The molecule has 0 fully saturated rings. The largest absolute Gasteiger partial charge is 0.494 e. The van der Waals surface area contributed by atoms with Gasteiger partial charge in [-0.05, 0) is 31.4 Å². The van der Waals surface area contributed by atoms with Crippen molar-refractivity contribution in [2.24, 2.45) is 0 Å². The molecular formula is C15H24BClO5. The van der Waals surface area contributed by atoms with Crippen molar-refractivity contribution in [2.45, 2.75) is 44.3 Å². The van der Waals surface area contributed by atoms with E-state index in [4.69, 9.17) is 4.74 Å². The minimum absolute atomic E-state index is 0. The Morgan fingerprint density at radius 1 is 1.18 bits per heavy atom. The van der Waals surface area contributed by atoms with E-state index in [-0.39, 0.29) is 25.2 Å². The lowest BCUT2D eigenvalue weighted by Gasteiger charge is -2.28. The quantitative estimate of drug-likeness (QED) is 0.453. The number of rotatable bonds is 10. The SMILES string of the molecule is CCCCC(CCCOc1ccccc1)(B(O)O)C(=O)O.Cl. The summed E-state index contributed by atoms with van der Waals surface area (Å²) in [6, 6.07) is 9.24. The monoisotopic (exact) mass is 330 g/mol. The molecule has 1 aromatic rings. The fraction of sp³-hybridized carbons (Fsp3) is 0.533. The molecule has 22 heavy (non-hydrogen) atoms. The number of unbranched alkanes of at least 4 members (excludes halogenated alkanes) is 1. The van der Waals surface area contributed by atoms with Crippen molar-refractivity contribution in [2.75, 3.05) is 6.61 Å². The minimum Gasteiger partial charge on any atom is -0.494 e. The molecular weight excluding hydrogens is 306 g/mol. The fourth-order valence-corrected chi connectivity index (χ4v) is 2.29. The van der Waals surface area contributed by atoms with Crippen LogP contribution in [0.5, 0.6) is 5.75 Å². The second-order valence-corrected chi connectivity index (χ2v) is 5.20. The van der Waals surface area contributed by atoms with Gasteiger partial charge in [0.05, 0.1) is 6.61 Å². The molecule has 5 nitrogen and oxygen atoms in total. The van der Waals surface area contributed by atoms with Gasteiger partial charge in [0, 0.05) is 0 Å². The molecule has 1 atom stereocenters. The smallest absolute Gasteiger partial charge is 0.469 e. The molecule has 0 saturated carbocycles. The van der Waals surface area contributed by atoms with Crippen molar-refractivity contribution >= 4 is 25.5 Å². The molecule has 1 unspecified atom stereocenters. The molecule has 7 heteroatoms. The third kappa shape index (κ3) is 5.87. The van der Waals surface area contributed by atoms with Gasteiger partial charge in [0.15, 0.2) is 0 Å². The Hall–Kier alpha value is -1.24. The number of carboxylic acid groups (broad SMARTS) is 1. The summed E-state index contributed by atoms with van der Waals surface area (Å²) in [7, 11) is -1.86. The molecule has 0 spiro atoms. The third-order valence-corrected chi connectivity index (χ3v) is 3.68. The van der Waals surface area contributed by atoms with Crippen molar-refractivity contribution in [3.63, 3.8) is 0 Å². The molecule has 0 amide bonds. The van der Waals surface area contributed by atoms with Crippen LogP contribution in [0.2, 0.25) is 5.31 Å². The molecule has 124 valence electrons. The highest BCUT2D eigenvalue weighted by Crippen LogP contribution is 2.40. The maximum absolute atomic E-state index is 11.5. The van der Waals surface area contributed by atoms with Gasteiger partial charge in [0.1, 0.15) is 11.1 Å². The summed E-state index contributed by atoms with van der Waals surface area (Å²) >= 11 is 0. The van der Waals surface area contributed by atoms with Gasteiger partial charge >= 0.3 is 13.1 Å². The number of hydrogen-bond donors (Lipinski definition) is 3. The van der Waals surface area contributed by atoms with Crippen LogP contribution in [0.25, 0.3) is 0 Å². The number of benzene rings is 1. The first kappa shape index (κ1) is 20.8. The average molecular weight is 331 g/mol. The molecule has 0 aliphatic carbocycles. The van der Waals surface area contributed by atoms with Gasteiger partial charge in [-0.3, -0.25) is 4.79 Å². The highest BCUT2D eigenvalue weighted by Gasteiger charge is 2.48. The van der Waals surface area contributed by atoms with E-state index in [0.29, 0.717) is 19.4 Å². The number of para-hydroxylation sites is 1. The minimum atomic E-state index is -1.86. The highest BCUT2D eigenvalue weighted by atomic mass is 35.5. The zero-order valence-electron chi connectivity index (χ0n) is 12.8. The standard InChI is InChI=1S/C15H23BO5.ClH/c1-2-3-10-15(14(17)18,16(19)20)11-7-12-21-13-8-5-4-6-9-13;/h4-6,8-9,19-20H,2-3,7,10-12H2,1H3,(H,17,18);1H. The number of aliphatic carboxylic acids is 1. The highest BCUT2D eigenvalue weighted by molar-refractivity contribution is 6.51. The van der Waals surface area contributed by atoms with E-state index >= 15 is 0 Å². The molecule has 0 heterocycles. The van der Waals surface area contributed by atoms with Crippen LogP contribution in [-0.2, 0) is 4.79 Å². The van der Waals surface area contributed by atoms with E-state index in [1.807, 2.05) is 37.3 Å². The summed E-state index contributed by atoms with van der Waals surface area (Å²) in [5, 5.41) is 26.9. The second-order valence-electron chi connectivity index (χ2n) is 5.20. The van der Waals surface area contributed by atoms with Gasteiger partial charge in [-0.25, -0.2) is 0 Å². The van der Waals surface area contributed by atoms with Gasteiger partial charge in [0.2, 0.25) is 0 Å². The first-order valence-corrected chi connectivity index (χ1v) is 7.30. The van der Waals surface area contributed by atoms with Gasteiger partial charge in [0.25, 0.3) is 0 Å².